The van der Waals surface area contributed by atoms with Crippen LogP contribution in [0.4, 0.5) is 0 Å². The summed E-state index contributed by atoms with van der Waals surface area (Å²) < 4.78 is 23.5. The van der Waals surface area contributed by atoms with Gasteiger partial charge in [0.2, 0.25) is 0 Å². The number of hydrogen-bond donors (Lipinski definition) is 1. The van der Waals surface area contributed by atoms with Crippen molar-refractivity contribution in [3.63, 3.8) is 0 Å². The van der Waals surface area contributed by atoms with Crippen LogP contribution in [0.1, 0.15) is 44.3 Å². The fourth-order valence-electron chi connectivity index (χ4n) is 3.26. The molecule has 0 aromatic heterocycles. The predicted octanol–water partition coefficient (Wildman–Crippen LogP) is 2.96. The molecule has 20 heavy (non-hydrogen) atoms. The number of aliphatic hydroxyl groups excluding tert-OH is 1. The Morgan fingerprint density at radius 3 is 2.45 bits per heavy atom. The predicted molar refractivity (Wildman–Crippen MR) is 81.2 cm³/mol. The number of benzene rings is 1. The Labute approximate surface area is 121 Å². The van der Waals surface area contributed by atoms with Crippen molar-refractivity contribution < 1.29 is 13.5 Å². The Morgan fingerprint density at radius 1 is 1.20 bits per heavy atom. The third-order valence-corrected chi connectivity index (χ3v) is 6.29. The molecule has 4 atom stereocenters. The molecule has 0 bridgehead atoms. The Hall–Kier alpha value is -0.870. The second-order valence-electron chi connectivity index (χ2n) is 6.09. The zero-order valence-corrected chi connectivity index (χ0v) is 13.0. The van der Waals surface area contributed by atoms with E-state index >= 15 is 0 Å². The van der Waals surface area contributed by atoms with Crippen molar-refractivity contribution in [3.8, 4) is 0 Å². The van der Waals surface area contributed by atoms with E-state index in [0.29, 0.717) is 6.42 Å². The molecule has 0 spiro atoms. The molecule has 0 amide bonds. The highest BCUT2D eigenvalue weighted by Crippen LogP contribution is 2.38. The van der Waals surface area contributed by atoms with E-state index in [0.717, 1.165) is 24.8 Å². The summed E-state index contributed by atoms with van der Waals surface area (Å²) in [6, 6.07) is 9.63. The van der Waals surface area contributed by atoms with Crippen molar-refractivity contribution in [2.45, 2.75) is 44.0 Å². The third kappa shape index (κ3) is 3.61. The van der Waals surface area contributed by atoms with Gasteiger partial charge in [-0.15, -0.1) is 0 Å². The van der Waals surface area contributed by atoms with Crippen LogP contribution >= 0.6 is 0 Å². The van der Waals surface area contributed by atoms with Crippen LogP contribution in [-0.2, 0) is 9.84 Å². The zero-order chi connectivity index (χ0) is 14.8. The molecule has 1 aromatic rings. The fraction of sp³-hybridized carbons (Fsp3) is 0.625. The van der Waals surface area contributed by atoms with E-state index in [1.54, 1.807) is 0 Å². The van der Waals surface area contributed by atoms with Gasteiger partial charge in [-0.25, -0.2) is 8.42 Å². The van der Waals surface area contributed by atoms with Gasteiger partial charge in [0.25, 0.3) is 0 Å². The number of hydrogen-bond acceptors (Lipinski definition) is 3. The smallest absolute Gasteiger partial charge is 0.150 e. The molecule has 4 unspecified atom stereocenters. The van der Waals surface area contributed by atoms with Crippen LogP contribution in [0.25, 0.3) is 0 Å². The summed E-state index contributed by atoms with van der Waals surface area (Å²) in [4.78, 5) is 0. The Kier molecular flexibility index (Phi) is 4.86. The van der Waals surface area contributed by atoms with Crippen molar-refractivity contribution in [2.75, 3.05) is 6.26 Å². The second kappa shape index (κ2) is 6.27. The van der Waals surface area contributed by atoms with E-state index in [1.807, 2.05) is 37.3 Å². The van der Waals surface area contributed by atoms with Gasteiger partial charge < -0.3 is 5.11 Å². The molecule has 1 aliphatic carbocycles. The van der Waals surface area contributed by atoms with Gasteiger partial charge in [0.15, 0.2) is 0 Å². The molecule has 1 saturated carbocycles. The quantitative estimate of drug-likeness (QED) is 0.929. The van der Waals surface area contributed by atoms with Gasteiger partial charge in [0.05, 0.1) is 11.4 Å². The minimum absolute atomic E-state index is 0.0851. The first-order valence-electron chi connectivity index (χ1n) is 7.31. The minimum Gasteiger partial charge on any atom is -0.388 e. The first kappa shape index (κ1) is 15.5. The highest BCUT2D eigenvalue weighted by Gasteiger charge is 2.34. The molecule has 1 fully saturated rings. The Morgan fingerprint density at radius 2 is 1.85 bits per heavy atom. The topological polar surface area (TPSA) is 54.4 Å². The maximum absolute atomic E-state index is 11.7. The molecule has 0 radical (unpaired) electrons. The van der Waals surface area contributed by atoms with E-state index in [2.05, 4.69) is 0 Å². The lowest BCUT2D eigenvalue weighted by atomic mass is 9.77. The summed E-state index contributed by atoms with van der Waals surface area (Å²) in [6.45, 7) is 2.03. The summed E-state index contributed by atoms with van der Waals surface area (Å²) in [5, 5.41) is 10.3. The van der Waals surface area contributed by atoms with Crippen LogP contribution in [0, 0.1) is 11.8 Å². The summed E-state index contributed by atoms with van der Waals surface area (Å²) in [6.07, 6.45) is 4.22. The highest BCUT2D eigenvalue weighted by molar-refractivity contribution is 7.91. The maximum atomic E-state index is 11.7. The molecule has 112 valence electrons. The van der Waals surface area contributed by atoms with Crippen LogP contribution in [0.2, 0.25) is 0 Å². The Balaban J connectivity index is 2.07. The van der Waals surface area contributed by atoms with Crippen LogP contribution in [0.3, 0.4) is 0 Å². The molecule has 2 rings (SSSR count). The van der Waals surface area contributed by atoms with Crippen LogP contribution < -0.4 is 0 Å². The summed E-state index contributed by atoms with van der Waals surface area (Å²) in [5.74, 6) is 0.362. The lowest BCUT2D eigenvalue weighted by molar-refractivity contribution is 0.0690. The highest BCUT2D eigenvalue weighted by atomic mass is 32.2. The number of rotatable bonds is 4. The average molecular weight is 296 g/mol. The van der Waals surface area contributed by atoms with E-state index in [-0.39, 0.29) is 17.1 Å². The summed E-state index contributed by atoms with van der Waals surface area (Å²) >= 11 is 0. The van der Waals surface area contributed by atoms with E-state index in [9.17, 15) is 13.5 Å². The Bertz CT molecular complexity index is 524. The van der Waals surface area contributed by atoms with Gasteiger partial charge in [-0.2, -0.15) is 0 Å². The van der Waals surface area contributed by atoms with Crippen molar-refractivity contribution in [3.05, 3.63) is 35.9 Å². The van der Waals surface area contributed by atoms with Crippen molar-refractivity contribution >= 4 is 9.84 Å². The largest absolute Gasteiger partial charge is 0.388 e. The van der Waals surface area contributed by atoms with Crippen molar-refractivity contribution in [1.82, 2.24) is 0 Å². The van der Waals surface area contributed by atoms with Crippen molar-refractivity contribution in [2.24, 2.45) is 11.8 Å². The molecule has 0 saturated heterocycles. The third-order valence-electron chi connectivity index (χ3n) is 4.65. The molecule has 1 aromatic carbocycles. The van der Waals surface area contributed by atoms with Crippen LogP contribution in [0.5, 0.6) is 0 Å². The monoisotopic (exact) mass is 296 g/mol. The first-order valence-corrected chi connectivity index (χ1v) is 9.27. The summed E-state index contributed by atoms with van der Waals surface area (Å²) in [5.41, 5.74) is 0.918. The van der Waals surface area contributed by atoms with Crippen LogP contribution in [-0.4, -0.2) is 25.0 Å². The lowest BCUT2D eigenvalue weighted by Gasteiger charge is -2.34. The van der Waals surface area contributed by atoms with E-state index < -0.39 is 15.9 Å². The molecule has 0 heterocycles. The molecule has 3 nitrogen and oxygen atoms in total. The molecule has 0 aliphatic heterocycles. The molecular formula is C16H24O3S. The zero-order valence-electron chi connectivity index (χ0n) is 12.2. The van der Waals surface area contributed by atoms with Crippen LogP contribution in [0.15, 0.2) is 30.3 Å². The SMILES string of the molecule is CC(C1CCCC(S(C)(=O)=O)C1)C(O)c1ccccc1. The maximum Gasteiger partial charge on any atom is 0.150 e. The molecule has 1 N–H and O–H groups in total. The standard InChI is InChI=1S/C16H24O3S/c1-12(16(17)13-7-4-3-5-8-13)14-9-6-10-15(11-14)20(2,18)19/h3-5,7-8,12,14-17H,6,9-11H2,1-2H3. The molecular weight excluding hydrogens is 272 g/mol. The van der Waals surface area contributed by atoms with Gasteiger partial charge in [-0.3, -0.25) is 0 Å². The normalized spacial score (nSPS) is 26.9. The van der Waals surface area contributed by atoms with Crippen molar-refractivity contribution in [1.29, 1.82) is 0 Å². The van der Waals surface area contributed by atoms with Gasteiger partial charge >= 0.3 is 0 Å². The summed E-state index contributed by atoms with van der Waals surface area (Å²) in [7, 11) is -2.96. The van der Waals surface area contributed by atoms with Gasteiger partial charge in [-0.1, -0.05) is 43.7 Å². The fourth-order valence-corrected chi connectivity index (χ4v) is 4.45. The lowest BCUT2D eigenvalue weighted by Crippen LogP contribution is -2.32. The molecule has 1 aliphatic rings. The average Bonchev–Trinajstić information content (AvgIpc) is 2.46. The van der Waals surface area contributed by atoms with Gasteiger partial charge in [0.1, 0.15) is 9.84 Å². The number of sulfone groups is 1. The number of aliphatic hydroxyl groups is 1. The molecule has 4 heteroatoms. The second-order valence-corrected chi connectivity index (χ2v) is 8.42. The van der Waals surface area contributed by atoms with Gasteiger partial charge in [-0.05, 0) is 36.7 Å². The minimum atomic E-state index is -2.96. The first-order chi connectivity index (χ1) is 9.39. The van der Waals surface area contributed by atoms with Gasteiger partial charge in [0, 0.05) is 6.26 Å². The van der Waals surface area contributed by atoms with E-state index in [4.69, 9.17) is 0 Å². The van der Waals surface area contributed by atoms with E-state index in [1.165, 1.54) is 6.26 Å².